The van der Waals surface area contributed by atoms with E-state index in [1.54, 1.807) is 6.20 Å². The number of hydrogen-bond donors (Lipinski definition) is 2. The third-order valence-corrected chi connectivity index (χ3v) is 1.86. The summed E-state index contributed by atoms with van der Waals surface area (Å²) in [5, 5.41) is 0. The maximum absolute atomic E-state index is 5.71. The van der Waals surface area contributed by atoms with Gasteiger partial charge in [0.1, 0.15) is 5.82 Å². The zero-order chi connectivity index (χ0) is 9.68. The first-order chi connectivity index (χ1) is 6.25. The zero-order valence-corrected chi connectivity index (χ0v) is 7.83. The van der Waals surface area contributed by atoms with Gasteiger partial charge in [0.2, 0.25) is 0 Å². The molecule has 0 fully saturated rings. The molecule has 4 N–H and O–H groups in total. The summed E-state index contributed by atoms with van der Waals surface area (Å²) in [4.78, 5) is 4.01. The van der Waals surface area contributed by atoms with Crippen LogP contribution in [0.1, 0.15) is 17.5 Å². The lowest BCUT2D eigenvalue weighted by Gasteiger charge is -2.02. The van der Waals surface area contributed by atoms with Crippen LogP contribution >= 0.6 is 0 Å². The van der Waals surface area contributed by atoms with Crippen LogP contribution in [0.25, 0.3) is 6.08 Å². The highest BCUT2D eigenvalue weighted by atomic mass is 14.8. The van der Waals surface area contributed by atoms with Crippen molar-refractivity contribution in [1.29, 1.82) is 0 Å². The van der Waals surface area contributed by atoms with Crippen molar-refractivity contribution in [3.05, 3.63) is 29.5 Å². The number of pyridine rings is 1. The summed E-state index contributed by atoms with van der Waals surface area (Å²) >= 11 is 0. The maximum Gasteiger partial charge on any atom is 0.130 e. The van der Waals surface area contributed by atoms with Crippen LogP contribution in [0, 0.1) is 6.92 Å². The number of aryl methyl sites for hydroxylation is 1. The van der Waals surface area contributed by atoms with Gasteiger partial charge in [0.05, 0.1) is 0 Å². The lowest BCUT2D eigenvalue weighted by atomic mass is 10.1. The van der Waals surface area contributed by atoms with Gasteiger partial charge in [0.25, 0.3) is 0 Å². The second-order valence-corrected chi connectivity index (χ2v) is 2.91. The van der Waals surface area contributed by atoms with Gasteiger partial charge in [0.15, 0.2) is 0 Å². The van der Waals surface area contributed by atoms with E-state index in [-0.39, 0.29) is 0 Å². The van der Waals surface area contributed by atoms with Crippen LogP contribution in [0.2, 0.25) is 0 Å². The van der Waals surface area contributed by atoms with Crippen molar-refractivity contribution in [2.24, 2.45) is 5.73 Å². The molecule has 1 aromatic heterocycles. The van der Waals surface area contributed by atoms with Crippen LogP contribution in [0.4, 0.5) is 5.82 Å². The molecule has 1 heterocycles. The van der Waals surface area contributed by atoms with E-state index in [0.717, 1.165) is 17.5 Å². The smallest absolute Gasteiger partial charge is 0.130 e. The van der Waals surface area contributed by atoms with Crippen LogP contribution < -0.4 is 11.5 Å². The van der Waals surface area contributed by atoms with Crippen molar-refractivity contribution in [1.82, 2.24) is 4.98 Å². The highest BCUT2D eigenvalue weighted by Crippen LogP contribution is 2.14. The Hall–Kier alpha value is -1.35. The quantitative estimate of drug-likeness (QED) is 0.732. The molecular weight excluding hydrogens is 162 g/mol. The number of hydrogen-bond acceptors (Lipinski definition) is 3. The topological polar surface area (TPSA) is 64.9 Å². The van der Waals surface area contributed by atoms with E-state index in [4.69, 9.17) is 11.5 Å². The van der Waals surface area contributed by atoms with Gasteiger partial charge in [0, 0.05) is 11.8 Å². The first-order valence-corrected chi connectivity index (χ1v) is 4.33. The van der Waals surface area contributed by atoms with Gasteiger partial charge >= 0.3 is 0 Å². The molecule has 0 radical (unpaired) electrons. The van der Waals surface area contributed by atoms with E-state index < -0.39 is 0 Å². The number of rotatable bonds is 3. The monoisotopic (exact) mass is 177 g/mol. The van der Waals surface area contributed by atoms with Gasteiger partial charge in [-0.15, -0.1) is 0 Å². The van der Waals surface area contributed by atoms with E-state index >= 15 is 0 Å². The highest BCUT2D eigenvalue weighted by Gasteiger charge is 1.98. The molecule has 0 amide bonds. The minimum absolute atomic E-state index is 0.577. The molecule has 0 saturated heterocycles. The Morgan fingerprint density at radius 1 is 1.54 bits per heavy atom. The van der Waals surface area contributed by atoms with Crippen LogP contribution in [0.3, 0.4) is 0 Å². The van der Waals surface area contributed by atoms with Crippen molar-refractivity contribution in [3.63, 3.8) is 0 Å². The predicted octanol–water partition coefficient (Wildman–Crippen LogP) is 1.33. The van der Waals surface area contributed by atoms with Crippen molar-refractivity contribution in [3.8, 4) is 0 Å². The van der Waals surface area contributed by atoms with Crippen LogP contribution in [-0.4, -0.2) is 11.5 Å². The molecule has 1 rings (SSSR count). The molecule has 0 spiro atoms. The molecule has 0 bridgehead atoms. The normalized spacial score (nSPS) is 10.9. The average Bonchev–Trinajstić information content (AvgIpc) is 2.10. The lowest BCUT2D eigenvalue weighted by molar-refractivity contribution is 1.01. The number of aromatic nitrogens is 1. The summed E-state index contributed by atoms with van der Waals surface area (Å²) in [6.45, 7) is 2.68. The van der Waals surface area contributed by atoms with E-state index in [2.05, 4.69) is 4.98 Å². The van der Waals surface area contributed by atoms with E-state index in [1.165, 1.54) is 0 Å². The van der Waals surface area contributed by atoms with Gasteiger partial charge in [-0.05, 0) is 31.5 Å². The van der Waals surface area contributed by atoms with E-state index in [1.807, 2.05) is 25.1 Å². The Bertz CT molecular complexity index is 285. The molecule has 0 atom stereocenters. The Labute approximate surface area is 78.5 Å². The number of nitrogens with two attached hydrogens (primary N) is 2. The molecule has 0 aliphatic heterocycles. The average molecular weight is 177 g/mol. The molecule has 13 heavy (non-hydrogen) atoms. The summed E-state index contributed by atoms with van der Waals surface area (Å²) in [7, 11) is 0. The molecule has 0 unspecified atom stereocenters. The summed E-state index contributed by atoms with van der Waals surface area (Å²) < 4.78 is 0. The van der Waals surface area contributed by atoms with E-state index in [9.17, 15) is 0 Å². The van der Waals surface area contributed by atoms with Crippen LogP contribution in [-0.2, 0) is 0 Å². The largest absolute Gasteiger partial charge is 0.383 e. The molecule has 70 valence electrons. The predicted molar refractivity (Wildman–Crippen MR) is 56.1 cm³/mol. The van der Waals surface area contributed by atoms with Crippen molar-refractivity contribution in [2.45, 2.75) is 13.3 Å². The number of anilines is 1. The Kier molecular flexibility index (Phi) is 3.46. The SMILES string of the molecule is Cc1ccnc(N)c1/C=C/CCN. The molecule has 1 aromatic rings. The third-order valence-electron chi connectivity index (χ3n) is 1.86. The Morgan fingerprint density at radius 3 is 2.92 bits per heavy atom. The van der Waals surface area contributed by atoms with Crippen LogP contribution in [0.15, 0.2) is 18.3 Å². The summed E-state index contributed by atoms with van der Waals surface area (Å²) in [5.41, 5.74) is 13.2. The van der Waals surface area contributed by atoms with Crippen molar-refractivity contribution < 1.29 is 0 Å². The minimum atomic E-state index is 0.577. The molecule has 0 aromatic carbocycles. The van der Waals surface area contributed by atoms with Crippen molar-refractivity contribution in [2.75, 3.05) is 12.3 Å². The second kappa shape index (κ2) is 4.62. The fraction of sp³-hybridized carbons (Fsp3) is 0.300. The number of nitrogen functional groups attached to an aromatic ring is 1. The van der Waals surface area contributed by atoms with Crippen LogP contribution in [0.5, 0.6) is 0 Å². The molecule has 3 heteroatoms. The fourth-order valence-corrected chi connectivity index (χ4v) is 1.10. The van der Waals surface area contributed by atoms with Crippen molar-refractivity contribution >= 4 is 11.9 Å². The molecule has 0 saturated carbocycles. The van der Waals surface area contributed by atoms with Gasteiger partial charge in [-0.3, -0.25) is 0 Å². The van der Waals surface area contributed by atoms with Gasteiger partial charge in [-0.25, -0.2) is 4.98 Å². The Balaban J connectivity index is 2.87. The van der Waals surface area contributed by atoms with Gasteiger partial charge in [-0.2, -0.15) is 0 Å². The fourth-order valence-electron chi connectivity index (χ4n) is 1.10. The molecule has 3 nitrogen and oxygen atoms in total. The zero-order valence-electron chi connectivity index (χ0n) is 7.83. The van der Waals surface area contributed by atoms with Gasteiger partial charge in [-0.1, -0.05) is 12.2 Å². The summed E-state index contributed by atoms with van der Waals surface area (Å²) in [5.74, 6) is 0.577. The van der Waals surface area contributed by atoms with Gasteiger partial charge < -0.3 is 11.5 Å². The first kappa shape index (κ1) is 9.74. The standard InChI is InChI=1S/C10H15N3/c1-8-5-7-13-10(12)9(8)4-2-3-6-11/h2,4-5,7H,3,6,11H2,1H3,(H2,12,13)/b4-2+. The molecule has 0 aliphatic rings. The second-order valence-electron chi connectivity index (χ2n) is 2.91. The first-order valence-electron chi connectivity index (χ1n) is 4.33. The van der Waals surface area contributed by atoms with E-state index in [0.29, 0.717) is 12.4 Å². The highest BCUT2D eigenvalue weighted by molar-refractivity contribution is 5.63. The lowest BCUT2D eigenvalue weighted by Crippen LogP contribution is -1.97. The minimum Gasteiger partial charge on any atom is -0.383 e. The summed E-state index contributed by atoms with van der Waals surface area (Å²) in [6, 6.07) is 1.94. The number of nitrogens with zero attached hydrogens (tertiary/aromatic N) is 1. The Morgan fingerprint density at radius 2 is 2.31 bits per heavy atom. The maximum atomic E-state index is 5.71. The third kappa shape index (κ3) is 2.56. The molecular formula is C10H15N3. The summed E-state index contributed by atoms with van der Waals surface area (Å²) in [6.07, 6.45) is 6.57. The molecule has 0 aliphatic carbocycles.